The summed E-state index contributed by atoms with van der Waals surface area (Å²) in [6.07, 6.45) is 0. The van der Waals surface area contributed by atoms with Gasteiger partial charge in [-0.1, -0.05) is 6.07 Å². The molecule has 0 bridgehead atoms. The summed E-state index contributed by atoms with van der Waals surface area (Å²) in [5.74, 6) is 0.187. The van der Waals surface area contributed by atoms with E-state index in [1.54, 1.807) is 18.2 Å². The number of rotatable bonds is 3. The van der Waals surface area contributed by atoms with Crippen LogP contribution in [0.1, 0.15) is 11.6 Å². The average Bonchev–Trinajstić information content (AvgIpc) is 2.36. The molecular formula is C12H16BrFN2O. The number of benzene rings is 1. The Balaban J connectivity index is 2.18. The van der Waals surface area contributed by atoms with Crippen molar-refractivity contribution in [3.8, 4) is 5.75 Å². The van der Waals surface area contributed by atoms with Crippen LogP contribution in [-0.4, -0.2) is 42.9 Å². The second-order valence-corrected chi connectivity index (χ2v) is 5.02. The lowest BCUT2D eigenvalue weighted by Gasteiger charge is -2.33. The Labute approximate surface area is 109 Å². The van der Waals surface area contributed by atoms with Crippen LogP contribution >= 0.6 is 15.9 Å². The van der Waals surface area contributed by atoms with E-state index in [4.69, 9.17) is 0 Å². The number of aromatic hydroxyl groups is 1. The van der Waals surface area contributed by atoms with Crippen LogP contribution in [0.5, 0.6) is 5.75 Å². The molecule has 3 nitrogen and oxygen atoms in total. The lowest BCUT2D eigenvalue weighted by molar-refractivity contribution is 0.147. The van der Waals surface area contributed by atoms with E-state index in [0.29, 0.717) is 4.47 Å². The van der Waals surface area contributed by atoms with Gasteiger partial charge >= 0.3 is 0 Å². The number of hydrogen-bond donors (Lipinski definition) is 2. The molecule has 2 N–H and O–H groups in total. The van der Waals surface area contributed by atoms with Gasteiger partial charge < -0.3 is 10.4 Å². The third-order valence-electron chi connectivity index (χ3n) is 3.10. The Morgan fingerprint density at radius 3 is 2.71 bits per heavy atom. The van der Waals surface area contributed by atoms with Gasteiger partial charge in [-0.05, 0) is 33.6 Å². The Bertz CT molecular complexity index is 383. The van der Waals surface area contributed by atoms with Crippen molar-refractivity contribution in [3.05, 3.63) is 28.2 Å². The minimum Gasteiger partial charge on any atom is -0.507 e. The van der Waals surface area contributed by atoms with Gasteiger partial charge in [-0.2, -0.15) is 0 Å². The smallest absolute Gasteiger partial charge is 0.129 e. The first-order chi connectivity index (χ1) is 8.22. The summed E-state index contributed by atoms with van der Waals surface area (Å²) in [6, 6.07) is 4.96. The maximum atomic E-state index is 13.2. The van der Waals surface area contributed by atoms with Crippen LogP contribution in [-0.2, 0) is 0 Å². The highest BCUT2D eigenvalue weighted by atomic mass is 79.9. The molecule has 2 rings (SSSR count). The molecule has 1 saturated heterocycles. The Morgan fingerprint density at radius 2 is 2.12 bits per heavy atom. The molecule has 94 valence electrons. The molecule has 1 aliphatic heterocycles. The fourth-order valence-electron chi connectivity index (χ4n) is 2.12. The number of nitrogens with zero attached hydrogens (tertiary/aromatic N) is 1. The molecule has 0 aliphatic carbocycles. The number of phenolic OH excluding ortho intramolecular Hbond substituents is 1. The minimum atomic E-state index is -0.406. The summed E-state index contributed by atoms with van der Waals surface area (Å²) < 4.78 is 13.8. The van der Waals surface area contributed by atoms with Gasteiger partial charge in [0.1, 0.15) is 12.4 Å². The van der Waals surface area contributed by atoms with Crippen LogP contribution < -0.4 is 5.32 Å². The van der Waals surface area contributed by atoms with Crippen molar-refractivity contribution in [2.75, 3.05) is 32.9 Å². The number of piperazine rings is 1. The molecule has 0 unspecified atom stereocenters. The highest BCUT2D eigenvalue weighted by Crippen LogP contribution is 2.29. The van der Waals surface area contributed by atoms with Crippen molar-refractivity contribution in [1.29, 1.82) is 0 Å². The number of phenols is 1. The minimum absolute atomic E-state index is 0.187. The first kappa shape index (κ1) is 12.8. The molecule has 17 heavy (non-hydrogen) atoms. The molecule has 0 aromatic heterocycles. The van der Waals surface area contributed by atoms with E-state index in [1.807, 2.05) is 0 Å². The van der Waals surface area contributed by atoms with Crippen LogP contribution in [0.2, 0.25) is 0 Å². The summed E-state index contributed by atoms with van der Waals surface area (Å²) in [7, 11) is 0. The maximum Gasteiger partial charge on any atom is 0.129 e. The van der Waals surface area contributed by atoms with Gasteiger partial charge in [0.05, 0.1) is 10.5 Å². The molecule has 5 heteroatoms. The Kier molecular flexibility index (Phi) is 4.36. The molecule has 1 aliphatic rings. The summed E-state index contributed by atoms with van der Waals surface area (Å²) in [5.41, 5.74) is 0.902. The number of halogens is 2. The van der Waals surface area contributed by atoms with E-state index < -0.39 is 6.67 Å². The standard InChI is InChI=1S/C12H16BrFN2O/c13-10-7-9(1-2-12(10)17)11(8-14)16-5-3-15-4-6-16/h1-2,7,11,15,17H,3-6,8H2/t11-/m1/s1. The van der Waals surface area contributed by atoms with Crippen LogP contribution in [0.4, 0.5) is 4.39 Å². The molecule has 1 atom stereocenters. The van der Waals surface area contributed by atoms with E-state index in [-0.39, 0.29) is 11.8 Å². The zero-order valence-electron chi connectivity index (χ0n) is 9.50. The Hall–Kier alpha value is -0.650. The van der Waals surface area contributed by atoms with Gasteiger partial charge in [-0.15, -0.1) is 0 Å². The van der Waals surface area contributed by atoms with E-state index in [2.05, 4.69) is 26.1 Å². The van der Waals surface area contributed by atoms with Crippen molar-refractivity contribution in [2.24, 2.45) is 0 Å². The van der Waals surface area contributed by atoms with Crippen LogP contribution in [0, 0.1) is 0 Å². The fraction of sp³-hybridized carbons (Fsp3) is 0.500. The monoisotopic (exact) mass is 302 g/mol. The van der Waals surface area contributed by atoms with Gasteiger partial charge in [-0.3, -0.25) is 4.90 Å². The van der Waals surface area contributed by atoms with Crippen molar-refractivity contribution < 1.29 is 9.50 Å². The van der Waals surface area contributed by atoms with Gasteiger partial charge in [0.15, 0.2) is 0 Å². The molecule has 0 amide bonds. The van der Waals surface area contributed by atoms with E-state index in [0.717, 1.165) is 31.7 Å². The average molecular weight is 303 g/mol. The molecular weight excluding hydrogens is 287 g/mol. The molecule has 0 spiro atoms. The van der Waals surface area contributed by atoms with Gasteiger partial charge in [-0.25, -0.2) is 4.39 Å². The molecule has 0 radical (unpaired) electrons. The van der Waals surface area contributed by atoms with E-state index in [1.165, 1.54) is 0 Å². The molecule has 1 heterocycles. The summed E-state index contributed by atoms with van der Waals surface area (Å²) in [4.78, 5) is 2.13. The van der Waals surface area contributed by atoms with Crippen molar-refractivity contribution in [1.82, 2.24) is 10.2 Å². The highest BCUT2D eigenvalue weighted by molar-refractivity contribution is 9.10. The topological polar surface area (TPSA) is 35.5 Å². The predicted octanol–water partition coefficient (Wildman–Crippen LogP) is 2.07. The molecule has 1 aromatic carbocycles. The summed E-state index contributed by atoms with van der Waals surface area (Å²) >= 11 is 3.26. The predicted molar refractivity (Wildman–Crippen MR) is 69.0 cm³/mol. The van der Waals surface area contributed by atoms with Gasteiger partial charge in [0.2, 0.25) is 0 Å². The molecule has 1 aromatic rings. The lowest BCUT2D eigenvalue weighted by Crippen LogP contribution is -2.45. The highest BCUT2D eigenvalue weighted by Gasteiger charge is 2.22. The zero-order chi connectivity index (χ0) is 12.3. The first-order valence-electron chi connectivity index (χ1n) is 5.71. The fourth-order valence-corrected chi connectivity index (χ4v) is 2.52. The van der Waals surface area contributed by atoms with E-state index in [9.17, 15) is 9.50 Å². The number of alkyl halides is 1. The quantitative estimate of drug-likeness (QED) is 0.897. The number of nitrogens with one attached hydrogen (secondary N) is 1. The lowest BCUT2D eigenvalue weighted by atomic mass is 10.1. The second kappa shape index (κ2) is 5.80. The Morgan fingerprint density at radius 1 is 1.41 bits per heavy atom. The van der Waals surface area contributed by atoms with Gasteiger partial charge in [0.25, 0.3) is 0 Å². The van der Waals surface area contributed by atoms with Crippen LogP contribution in [0.25, 0.3) is 0 Å². The molecule has 1 fully saturated rings. The van der Waals surface area contributed by atoms with Crippen molar-refractivity contribution >= 4 is 15.9 Å². The first-order valence-corrected chi connectivity index (χ1v) is 6.51. The third kappa shape index (κ3) is 2.97. The van der Waals surface area contributed by atoms with Gasteiger partial charge in [0, 0.05) is 26.2 Å². The zero-order valence-corrected chi connectivity index (χ0v) is 11.1. The third-order valence-corrected chi connectivity index (χ3v) is 3.73. The summed E-state index contributed by atoms with van der Waals surface area (Å²) in [6.45, 7) is 3.10. The maximum absolute atomic E-state index is 13.2. The largest absolute Gasteiger partial charge is 0.507 e. The number of hydrogen-bond acceptors (Lipinski definition) is 3. The second-order valence-electron chi connectivity index (χ2n) is 4.17. The van der Waals surface area contributed by atoms with Crippen LogP contribution in [0.15, 0.2) is 22.7 Å². The normalized spacial score (nSPS) is 19.2. The van der Waals surface area contributed by atoms with Crippen LogP contribution in [0.3, 0.4) is 0 Å². The SMILES string of the molecule is Oc1ccc([C@@H](CF)N2CCNCC2)cc1Br. The van der Waals surface area contributed by atoms with Crippen molar-refractivity contribution in [3.63, 3.8) is 0 Å². The molecule has 0 saturated carbocycles. The van der Waals surface area contributed by atoms with Crippen molar-refractivity contribution in [2.45, 2.75) is 6.04 Å². The van der Waals surface area contributed by atoms with E-state index >= 15 is 0 Å². The summed E-state index contributed by atoms with van der Waals surface area (Å²) in [5, 5.41) is 12.7.